The van der Waals surface area contributed by atoms with Crippen LogP contribution in [0, 0.1) is 0 Å². The molecule has 2 aromatic carbocycles. The SMILES string of the molecule is CCOP(=O)(Cc1ccc(-c2nc(=O)c3ccc(Cl)cc3o2)cc1)OCC. The highest BCUT2D eigenvalue weighted by atomic mass is 35.5. The monoisotopic (exact) mass is 407 g/mol. The molecule has 8 heteroatoms. The molecule has 142 valence electrons. The fourth-order valence-corrected chi connectivity index (χ4v) is 4.52. The summed E-state index contributed by atoms with van der Waals surface area (Å²) in [5.74, 6) is 0.194. The molecule has 3 rings (SSSR count). The summed E-state index contributed by atoms with van der Waals surface area (Å²) in [6.45, 7) is 4.16. The first kappa shape index (κ1) is 19.8. The predicted molar refractivity (Wildman–Crippen MR) is 105 cm³/mol. The van der Waals surface area contributed by atoms with Gasteiger partial charge in [-0.2, -0.15) is 4.98 Å². The molecule has 0 bridgehead atoms. The van der Waals surface area contributed by atoms with E-state index in [1.54, 1.807) is 56.3 Å². The maximum absolute atomic E-state index is 12.6. The summed E-state index contributed by atoms with van der Waals surface area (Å²) < 4.78 is 29.0. The molecular formula is C19H19ClNO5P. The fourth-order valence-electron chi connectivity index (χ4n) is 2.66. The summed E-state index contributed by atoms with van der Waals surface area (Å²) in [4.78, 5) is 16.2. The Balaban J connectivity index is 1.90. The zero-order chi connectivity index (χ0) is 19.4. The molecule has 0 saturated heterocycles. The van der Waals surface area contributed by atoms with Crippen molar-refractivity contribution in [1.29, 1.82) is 0 Å². The molecule has 0 radical (unpaired) electrons. The zero-order valence-corrected chi connectivity index (χ0v) is 16.6. The van der Waals surface area contributed by atoms with Crippen LogP contribution in [0.4, 0.5) is 0 Å². The van der Waals surface area contributed by atoms with Gasteiger partial charge in [0.2, 0.25) is 5.89 Å². The predicted octanol–water partition coefficient (Wildman–Crippen LogP) is 5.27. The molecule has 0 fully saturated rings. The Labute approximate surface area is 161 Å². The van der Waals surface area contributed by atoms with Crippen LogP contribution < -0.4 is 5.56 Å². The van der Waals surface area contributed by atoms with Crippen molar-refractivity contribution in [2.75, 3.05) is 13.2 Å². The molecule has 0 aliphatic carbocycles. The zero-order valence-electron chi connectivity index (χ0n) is 15.0. The number of hydrogen-bond acceptors (Lipinski definition) is 6. The van der Waals surface area contributed by atoms with Gasteiger partial charge < -0.3 is 13.5 Å². The second kappa shape index (κ2) is 8.36. The van der Waals surface area contributed by atoms with Crippen LogP contribution in [-0.4, -0.2) is 18.2 Å². The Morgan fingerprint density at radius 2 is 1.74 bits per heavy atom. The van der Waals surface area contributed by atoms with Gasteiger partial charge in [-0.15, -0.1) is 0 Å². The summed E-state index contributed by atoms with van der Waals surface area (Å²) in [5.41, 5.74) is 1.40. The Hall–Kier alpha value is -1.98. The third-order valence-corrected chi connectivity index (χ3v) is 6.10. The van der Waals surface area contributed by atoms with Gasteiger partial charge in [0.1, 0.15) is 5.58 Å². The van der Waals surface area contributed by atoms with Crippen LogP contribution in [0.15, 0.2) is 51.7 Å². The summed E-state index contributed by atoms with van der Waals surface area (Å²) >= 11 is 5.97. The number of hydrogen-bond donors (Lipinski definition) is 0. The smallest absolute Gasteiger partial charge is 0.335 e. The van der Waals surface area contributed by atoms with E-state index in [1.807, 2.05) is 0 Å². The molecule has 0 amide bonds. The van der Waals surface area contributed by atoms with E-state index in [-0.39, 0.29) is 17.6 Å². The molecule has 27 heavy (non-hydrogen) atoms. The van der Waals surface area contributed by atoms with Crippen molar-refractivity contribution in [3.63, 3.8) is 0 Å². The van der Waals surface area contributed by atoms with Crippen LogP contribution in [-0.2, 0) is 19.8 Å². The number of halogens is 1. The highest BCUT2D eigenvalue weighted by Gasteiger charge is 2.24. The highest BCUT2D eigenvalue weighted by molar-refractivity contribution is 7.53. The van der Waals surface area contributed by atoms with Gasteiger partial charge in [-0.1, -0.05) is 23.7 Å². The molecule has 0 N–H and O–H groups in total. The Kier molecular flexibility index (Phi) is 6.12. The second-order valence-electron chi connectivity index (χ2n) is 5.77. The van der Waals surface area contributed by atoms with E-state index in [1.165, 1.54) is 0 Å². The first-order chi connectivity index (χ1) is 12.9. The van der Waals surface area contributed by atoms with Crippen molar-refractivity contribution in [3.8, 4) is 11.5 Å². The fraction of sp³-hybridized carbons (Fsp3) is 0.263. The van der Waals surface area contributed by atoms with Gasteiger partial charge in [-0.05, 0) is 43.7 Å². The molecule has 0 aliphatic heterocycles. The lowest BCUT2D eigenvalue weighted by atomic mass is 10.1. The Morgan fingerprint density at radius 3 is 2.37 bits per heavy atom. The third kappa shape index (κ3) is 4.66. The molecule has 1 heterocycles. The van der Waals surface area contributed by atoms with Gasteiger partial charge in [0.25, 0.3) is 5.56 Å². The molecule has 6 nitrogen and oxygen atoms in total. The maximum Gasteiger partial charge on any atom is 0.335 e. The molecule has 1 aromatic heterocycles. The molecule has 3 aromatic rings. The normalized spacial score (nSPS) is 11.8. The van der Waals surface area contributed by atoms with E-state index in [9.17, 15) is 9.36 Å². The largest absolute Gasteiger partial charge is 0.437 e. The lowest BCUT2D eigenvalue weighted by molar-refractivity contribution is 0.219. The van der Waals surface area contributed by atoms with Gasteiger partial charge >= 0.3 is 7.60 Å². The molecule has 0 aliphatic rings. The van der Waals surface area contributed by atoms with Gasteiger partial charge in [0, 0.05) is 16.7 Å². The van der Waals surface area contributed by atoms with Crippen LogP contribution in [0.1, 0.15) is 19.4 Å². The molecular weight excluding hydrogens is 389 g/mol. The van der Waals surface area contributed by atoms with E-state index in [0.717, 1.165) is 5.56 Å². The van der Waals surface area contributed by atoms with Crippen molar-refractivity contribution >= 4 is 30.2 Å². The highest BCUT2D eigenvalue weighted by Crippen LogP contribution is 2.51. The van der Waals surface area contributed by atoms with Gasteiger partial charge in [0.05, 0.1) is 24.8 Å². The lowest BCUT2D eigenvalue weighted by Crippen LogP contribution is -2.07. The first-order valence-corrected chi connectivity index (χ1v) is 10.6. The number of nitrogens with zero attached hydrogens (tertiary/aromatic N) is 1. The second-order valence-corrected chi connectivity index (χ2v) is 8.26. The van der Waals surface area contributed by atoms with E-state index >= 15 is 0 Å². The summed E-state index contributed by atoms with van der Waals surface area (Å²) in [6.07, 6.45) is 0.166. The first-order valence-electron chi connectivity index (χ1n) is 8.52. The molecule has 0 saturated carbocycles. The van der Waals surface area contributed by atoms with Crippen molar-refractivity contribution in [3.05, 3.63) is 63.4 Å². The van der Waals surface area contributed by atoms with Crippen LogP contribution in [0.25, 0.3) is 22.4 Å². The summed E-state index contributed by atoms with van der Waals surface area (Å²) in [5, 5.41) is 0.842. The van der Waals surface area contributed by atoms with Gasteiger partial charge in [-0.25, -0.2) is 0 Å². The van der Waals surface area contributed by atoms with Crippen LogP contribution >= 0.6 is 19.2 Å². The number of benzene rings is 2. The summed E-state index contributed by atoms with van der Waals surface area (Å²) in [7, 11) is -3.18. The van der Waals surface area contributed by atoms with E-state index in [2.05, 4.69) is 4.98 Å². The molecule has 0 unspecified atom stereocenters. The van der Waals surface area contributed by atoms with E-state index in [0.29, 0.717) is 34.8 Å². The average molecular weight is 408 g/mol. The number of fused-ring (bicyclic) bond motifs is 1. The van der Waals surface area contributed by atoms with Gasteiger partial charge in [0.15, 0.2) is 0 Å². The van der Waals surface area contributed by atoms with E-state index < -0.39 is 7.60 Å². The molecule has 0 spiro atoms. The third-order valence-electron chi connectivity index (χ3n) is 3.81. The lowest BCUT2D eigenvalue weighted by Gasteiger charge is -2.17. The number of aromatic nitrogens is 1. The standard InChI is InChI=1S/C19H19ClNO5P/c1-3-24-27(23,25-4-2)12-13-5-7-14(8-6-13)19-21-18(22)16-10-9-15(20)11-17(16)26-19/h5-11H,3-4,12H2,1-2H3. The van der Waals surface area contributed by atoms with Crippen molar-refractivity contribution < 1.29 is 18.0 Å². The van der Waals surface area contributed by atoms with Crippen molar-refractivity contribution in [2.24, 2.45) is 0 Å². The maximum atomic E-state index is 12.6. The average Bonchev–Trinajstić information content (AvgIpc) is 2.62. The van der Waals surface area contributed by atoms with Crippen molar-refractivity contribution in [1.82, 2.24) is 4.98 Å². The van der Waals surface area contributed by atoms with E-state index in [4.69, 9.17) is 25.1 Å². The van der Waals surface area contributed by atoms with Crippen molar-refractivity contribution in [2.45, 2.75) is 20.0 Å². The van der Waals surface area contributed by atoms with Crippen LogP contribution in [0.3, 0.4) is 0 Å². The molecule has 0 atom stereocenters. The van der Waals surface area contributed by atoms with Gasteiger partial charge in [-0.3, -0.25) is 9.36 Å². The number of rotatable bonds is 7. The van der Waals surface area contributed by atoms with Crippen LogP contribution in [0.5, 0.6) is 0 Å². The topological polar surface area (TPSA) is 78.6 Å². The minimum Gasteiger partial charge on any atom is -0.437 e. The van der Waals surface area contributed by atoms with Crippen LogP contribution in [0.2, 0.25) is 5.02 Å². The summed E-state index contributed by atoms with van der Waals surface area (Å²) in [6, 6.07) is 11.8. The Bertz CT molecular complexity index is 1040. The Morgan fingerprint density at radius 1 is 1.07 bits per heavy atom. The minimum atomic E-state index is -3.18. The minimum absolute atomic E-state index is 0.166. The quantitative estimate of drug-likeness (QED) is 0.496.